The Morgan fingerprint density at radius 3 is 2.62 bits per heavy atom. The van der Waals surface area contributed by atoms with Gasteiger partial charge in [-0.2, -0.15) is 20.2 Å². The highest BCUT2D eigenvalue weighted by Gasteiger charge is 2.08. The van der Waals surface area contributed by atoms with Crippen LogP contribution in [-0.2, 0) is 10.5 Å². The van der Waals surface area contributed by atoms with E-state index in [1.165, 1.54) is 11.8 Å². The molecular formula is C20H19N7OS. The third-order valence-electron chi connectivity index (χ3n) is 3.85. The Bertz CT molecular complexity index is 1050. The van der Waals surface area contributed by atoms with Crippen LogP contribution in [0, 0.1) is 18.3 Å². The molecule has 0 fully saturated rings. The minimum atomic E-state index is -0.153. The summed E-state index contributed by atoms with van der Waals surface area (Å²) in [6.07, 6.45) is 0. The third-order valence-corrected chi connectivity index (χ3v) is 4.78. The highest BCUT2D eigenvalue weighted by atomic mass is 32.2. The monoisotopic (exact) mass is 405 g/mol. The van der Waals surface area contributed by atoms with E-state index in [-0.39, 0.29) is 17.6 Å². The van der Waals surface area contributed by atoms with Crippen molar-refractivity contribution >= 4 is 40.9 Å². The highest BCUT2D eigenvalue weighted by Crippen LogP contribution is 2.19. The number of nitrogens with zero attached hydrogens (tertiary/aromatic N) is 4. The molecule has 1 heterocycles. The summed E-state index contributed by atoms with van der Waals surface area (Å²) < 4.78 is 0. The van der Waals surface area contributed by atoms with Crippen LogP contribution in [0.2, 0.25) is 0 Å². The molecule has 8 nitrogen and oxygen atoms in total. The normalized spacial score (nSPS) is 10.2. The molecular weight excluding hydrogens is 386 g/mol. The van der Waals surface area contributed by atoms with E-state index in [0.717, 1.165) is 11.3 Å². The summed E-state index contributed by atoms with van der Waals surface area (Å²) in [5, 5.41) is 14.7. The summed E-state index contributed by atoms with van der Waals surface area (Å²) in [7, 11) is 0. The van der Waals surface area contributed by atoms with Crippen LogP contribution in [0.5, 0.6) is 0 Å². The molecule has 1 aromatic heterocycles. The summed E-state index contributed by atoms with van der Waals surface area (Å²) in [5.41, 5.74) is 8.92. The molecule has 9 heteroatoms. The van der Waals surface area contributed by atoms with Crippen molar-refractivity contribution in [3.8, 4) is 6.07 Å². The quantitative estimate of drug-likeness (QED) is 0.546. The zero-order chi connectivity index (χ0) is 20.6. The standard InChI is InChI=1S/C20H19N7OS/c1-13-4-2-3-5-16(13)24-20-26-17(25-19(22)27-20)11-29-12-18(28)23-15-8-6-14(10-21)7-9-15/h2-9H,11-12H2,1H3,(H,23,28)(H3,22,24,25,26,27). The molecule has 0 unspecified atom stereocenters. The number of thioether (sulfide) groups is 1. The molecule has 1 amide bonds. The van der Waals surface area contributed by atoms with Crippen LogP contribution < -0.4 is 16.4 Å². The Balaban J connectivity index is 1.55. The maximum Gasteiger partial charge on any atom is 0.234 e. The minimum Gasteiger partial charge on any atom is -0.368 e. The first-order chi connectivity index (χ1) is 14.0. The van der Waals surface area contributed by atoms with Crippen molar-refractivity contribution in [3.05, 3.63) is 65.5 Å². The van der Waals surface area contributed by atoms with Crippen molar-refractivity contribution in [3.63, 3.8) is 0 Å². The summed E-state index contributed by atoms with van der Waals surface area (Å²) in [5.74, 6) is 1.46. The lowest BCUT2D eigenvalue weighted by atomic mass is 10.2. The lowest BCUT2D eigenvalue weighted by molar-refractivity contribution is -0.113. The predicted molar refractivity (Wildman–Crippen MR) is 115 cm³/mol. The summed E-state index contributed by atoms with van der Waals surface area (Å²) >= 11 is 1.37. The van der Waals surface area contributed by atoms with Crippen LogP contribution >= 0.6 is 11.8 Å². The number of rotatable bonds is 7. The number of nitrogens with one attached hydrogen (secondary N) is 2. The fourth-order valence-electron chi connectivity index (χ4n) is 2.45. The fraction of sp³-hybridized carbons (Fsp3) is 0.150. The van der Waals surface area contributed by atoms with Gasteiger partial charge in [-0.05, 0) is 42.8 Å². The number of aryl methyl sites for hydroxylation is 1. The summed E-state index contributed by atoms with van der Waals surface area (Å²) in [6, 6.07) is 16.5. The lowest BCUT2D eigenvalue weighted by Crippen LogP contribution is -2.14. The molecule has 0 radical (unpaired) electrons. The van der Waals surface area contributed by atoms with Crippen LogP contribution in [0.4, 0.5) is 23.3 Å². The predicted octanol–water partition coefficient (Wildman–Crippen LogP) is 3.25. The Morgan fingerprint density at radius 2 is 1.90 bits per heavy atom. The number of carbonyl (C=O) groups excluding carboxylic acids is 1. The van der Waals surface area contributed by atoms with Gasteiger partial charge in [0.2, 0.25) is 17.8 Å². The second-order valence-electron chi connectivity index (χ2n) is 6.10. The second-order valence-corrected chi connectivity index (χ2v) is 7.09. The summed E-state index contributed by atoms with van der Waals surface area (Å²) in [6.45, 7) is 1.98. The van der Waals surface area contributed by atoms with Crippen molar-refractivity contribution in [1.29, 1.82) is 5.26 Å². The summed E-state index contributed by atoms with van der Waals surface area (Å²) in [4.78, 5) is 24.7. The smallest absolute Gasteiger partial charge is 0.234 e. The van der Waals surface area contributed by atoms with Gasteiger partial charge in [0.1, 0.15) is 5.82 Å². The average Bonchev–Trinajstić information content (AvgIpc) is 2.70. The molecule has 0 saturated heterocycles. The van der Waals surface area contributed by atoms with Crippen molar-refractivity contribution in [2.45, 2.75) is 12.7 Å². The number of hydrogen-bond acceptors (Lipinski definition) is 8. The number of anilines is 4. The van der Waals surface area contributed by atoms with E-state index in [4.69, 9.17) is 11.0 Å². The number of carbonyl (C=O) groups is 1. The van der Waals surface area contributed by atoms with Gasteiger partial charge in [-0.3, -0.25) is 4.79 Å². The van der Waals surface area contributed by atoms with Gasteiger partial charge in [0.05, 0.1) is 23.1 Å². The molecule has 0 saturated carbocycles. The number of nitriles is 1. The zero-order valence-electron chi connectivity index (χ0n) is 15.7. The number of aromatic nitrogens is 3. The molecule has 2 aromatic carbocycles. The Kier molecular flexibility index (Phi) is 6.60. The molecule has 0 bridgehead atoms. The van der Waals surface area contributed by atoms with Crippen LogP contribution in [0.15, 0.2) is 48.5 Å². The first kappa shape index (κ1) is 20.1. The van der Waals surface area contributed by atoms with Crippen LogP contribution in [0.25, 0.3) is 0 Å². The third kappa shape index (κ3) is 5.92. The number of amides is 1. The Hall–Kier alpha value is -3.64. The molecule has 4 N–H and O–H groups in total. The van der Waals surface area contributed by atoms with E-state index in [2.05, 4.69) is 25.6 Å². The van der Waals surface area contributed by atoms with Crippen molar-refractivity contribution < 1.29 is 4.79 Å². The van der Waals surface area contributed by atoms with Crippen molar-refractivity contribution in [2.24, 2.45) is 0 Å². The molecule has 0 atom stereocenters. The number of para-hydroxylation sites is 1. The molecule has 3 rings (SSSR count). The SMILES string of the molecule is Cc1ccccc1Nc1nc(N)nc(CSCC(=O)Nc2ccc(C#N)cc2)n1. The van der Waals surface area contributed by atoms with Gasteiger partial charge in [0.15, 0.2) is 0 Å². The van der Waals surface area contributed by atoms with Gasteiger partial charge in [-0.1, -0.05) is 18.2 Å². The number of nitrogens with two attached hydrogens (primary N) is 1. The van der Waals surface area contributed by atoms with E-state index in [9.17, 15) is 4.79 Å². The van der Waals surface area contributed by atoms with Gasteiger partial charge < -0.3 is 16.4 Å². The van der Waals surface area contributed by atoms with E-state index in [1.54, 1.807) is 24.3 Å². The molecule has 0 aliphatic heterocycles. The molecule has 146 valence electrons. The van der Waals surface area contributed by atoms with Crippen molar-refractivity contribution in [2.75, 3.05) is 22.1 Å². The largest absolute Gasteiger partial charge is 0.368 e. The van der Waals surface area contributed by atoms with Gasteiger partial charge in [0.25, 0.3) is 0 Å². The first-order valence-corrected chi connectivity index (χ1v) is 9.90. The van der Waals surface area contributed by atoms with Gasteiger partial charge in [-0.15, -0.1) is 11.8 Å². The van der Waals surface area contributed by atoms with Gasteiger partial charge in [0, 0.05) is 11.4 Å². The van der Waals surface area contributed by atoms with Gasteiger partial charge >= 0.3 is 0 Å². The highest BCUT2D eigenvalue weighted by molar-refractivity contribution is 7.99. The zero-order valence-corrected chi connectivity index (χ0v) is 16.5. The van der Waals surface area contributed by atoms with Crippen LogP contribution in [0.3, 0.4) is 0 Å². The van der Waals surface area contributed by atoms with Gasteiger partial charge in [-0.25, -0.2) is 0 Å². The minimum absolute atomic E-state index is 0.119. The van der Waals surface area contributed by atoms with Crippen LogP contribution in [0.1, 0.15) is 17.0 Å². The second kappa shape index (κ2) is 9.52. The average molecular weight is 405 g/mol. The fourth-order valence-corrected chi connectivity index (χ4v) is 3.12. The van der Waals surface area contributed by atoms with Crippen molar-refractivity contribution in [1.82, 2.24) is 15.0 Å². The van der Waals surface area contributed by atoms with Crippen LogP contribution in [-0.4, -0.2) is 26.6 Å². The van der Waals surface area contributed by atoms with E-state index >= 15 is 0 Å². The first-order valence-electron chi connectivity index (χ1n) is 8.74. The number of benzene rings is 2. The topological polar surface area (TPSA) is 130 Å². The maximum absolute atomic E-state index is 12.1. The number of nitrogen functional groups attached to an aromatic ring is 1. The van der Waals surface area contributed by atoms with E-state index in [1.807, 2.05) is 37.3 Å². The molecule has 0 aliphatic rings. The molecule has 29 heavy (non-hydrogen) atoms. The Labute approximate surface area is 172 Å². The van der Waals surface area contributed by atoms with E-state index < -0.39 is 0 Å². The molecule has 0 aliphatic carbocycles. The maximum atomic E-state index is 12.1. The Morgan fingerprint density at radius 1 is 1.14 bits per heavy atom. The molecule has 0 spiro atoms. The number of hydrogen-bond donors (Lipinski definition) is 3. The lowest BCUT2D eigenvalue weighted by Gasteiger charge is -2.09. The molecule has 3 aromatic rings. The van der Waals surface area contributed by atoms with E-state index in [0.29, 0.717) is 28.8 Å².